The van der Waals surface area contributed by atoms with E-state index in [-0.39, 0.29) is 28.6 Å². The number of rotatable bonds is 4. The van der Waals surface area contributed by atoms with Gasteiger partial charge in [0, 0.05) is 17.2 Å². The lowest BCUT2D eigenvalue weighted by molar-refractivity contribution is 0.0662. The van der Waals surface area contributed by atoms with Gasteiger partial charge in [-0.3, -0.25) is 4.79 Å². The Hall–Kier alpha value is -1.83. The molecule has 1 aliphatic carbocycles. The van der Waals surface area contributed by atoms with Crippen molar-refractivity contribution in [3.8, 4) is 0 Å². The summed E-state index contributed by atoms with van der Waals surface area (Å²) in [6.07, 6.45) is 3.46. The molecule has 1 aromatic rings. The maximum absolute atomic E-state index is 11.7. The summed E-state index contributed by atoms with van der Waals surface area (Å²) in [6, 6.07) is 0. The lowest BCUT2D eigenvalue weighted by Gasteiger charge is -2.41. The van der Waals surface area contributed by atoms with Crippen LogP contribution in [-0.2, 0) is 0 Å². The van der Waals surface area contributed by atoms with E-state index < -0.39 is 5.91 Å². The van der Waals surface area contributed by atoms with Crippen molar-refractivity contribution in [2.24, 2.45) is 11.7 Å². The molecular formula is C16H28BN5O2. The number of carbonyl (C=O) groups excluding carboxylic acids is 1. The fraction of sp³-hybridized carbons (Fsp3) is 0.688. The highest BCUT2D eigenvalue weighted by Crippen LogP contribution is 2.33. The standard InChI is InChI=1S/C16H28BN5O2/c1-9-5-6-16(17,7-11(9)23)21-13-10(12(18)24)8-19-14(20-13)22-15(2,3)4/h8-9,11,23H,5-7,17H2,1-4H3,(H2,18,24)(H2,19,20,21,22)/t9-,11-,16-/m1/s1. The Balaban J connectivity index is 2.29. The SMILES string of the molecule is B[C@@]1(Nc2nc(NC(C)(C)C)ncc2C(N)=O)CC[C@@H](C)[C@H](O)C1. The quantitative estimate of drug-likeness (QED) is 0.604. The van der Waals surface area contributed by atoms with E-state index in [0.717, 1.165) is 12.8 Å². The summed E-state index contributed by atoms with van der Waals surface area (Å²) in [4.78, 5) is 20.3. The van der Waals surface area contributed by atoms with Gasteiger partial charge in [0.15, 0.2) is 0 Å². The first-order chi connectivity index (χ1) is 11.0. The Morgan fingerprint density at radius 1 is 1.50 bits per heavy atom. The van der Waals surface area contributed by atoms with Gasteiger partial charge in [0.05, 0.1) is 11.7 Å². The fourth-order valence-electron chi connectivity index (χ4n) is 2.96. The van der Waals surface area contributed by atoms with E-state index in [4.69, 9.17) is 5.73 Å². The number of aliphatic hydroxyl groups excluding tert-OH is 1. The van der Waals surface area contributed by atoms with Crippen LogP contribution in [0.3, 0.4) is 0 Å². The zero-order valence-corrected chi connectivity index (χ0v) is 15.2. The number of nitrogens with zero attached hydrogens (tertiary/aromatic N) is 2. The van der Waals surface area contributed by atoms with E-state index in [0.29, 0.717) is 18.2 Å². The number of carbonyl (C=O) groups is 1. The highest BCUT2D eigenvalue weighted by atomic mass is 16.3. The minimum absolute atomic E-state index is 0.203. The average Bonchev–Trinajstić information content (AvgIpc) is 2.41. The van der Waals surface area contributed by atoms with E-state index in [2.05, 4.69) is 27.5 Å². The lowest BCUT2D eigenvalue weighted by atomic mass is 9.64. The molecule has 24 heavy (non-hydrogen) atoms. The monoisotopic (exact) mass is 333 g/mol. The van der Waals surface area contributed by atoms with Crippen LogP contribution in [0, 0.1) is 5.92 Å². The molecule has 1 aliphatic rings. The van der Waals surface area contributed by atoms with Crippen LogP contribution in [0.15, 0.2) is 6.20 Å². The summed E-state index contributed by atoms with van der Waals surface area (Å²) >= 11 is 0. The molecule has 7 nitrogen and oxygen atoms in total. The van der Waals surface area contributed by atoms with Gasteiger partial charge in [0.25, 0.3) is 5.91 Å². The zero-order chi connectivity index (χ0) is 18.1. The molecule has 1 saturated carbocycles. The number of primary amides is 1. The van der Waals surface area contributed by atoms with Gasteiger partial charge in [0.2, 0.25) is 5.95 Å². The molecule has 0 bridgehead atoms. The minimum Gasteiger partial charge on any atom is -0.393 e. The maximum atomic E-state index is 11.7. The number of amides is 1. The van der Waals surface area contributed by atoms with Crippen LogP contribution in [0.4, 0.5) is 11.8 Å². The number of anilines is 2. The van der Waals surface area contributed by atoms with Crippen LogP contribution in [0.25, 0.3) is 0 Å². The molecule has 0 spiro atoms. The largest absolute Gasteiger partial charge is 0.393 e. The molecule has 1 aromatic heterocycles. The number of hydrogen-bond donors (Lipinski definition) is 4. The molecule has 132 valence electrons. The van der Waals surface area contributed by atoms with Crippen LogP contribution in [-0.4, -0.2) is 45.9 Å². The molecule has 3 atom stereocenters. The van der Waals surface area contributed by atoms with Crippen molar-refractivity contribution in [1.82, 2.24) is 9.97 Å². The van der Waals surface area contributed by atoms with Gasteiger partial charge in [-0.1, -0.05) is 6.92 Å². The van der Waals surface area contributed by atoms with Crippen molar-refractivity contribution in [3.63, 3.8) is 0 Å². The predicted octanol–water partition coefficient (Wildman–Crippen LogP) is 0.708. The fourth-order valence-corrected chi connectivity index (χ4v) is 2.96. The van der Waals surface area contributed by atoms with E-state index in [1.165, 1.54) is 6.20 Å². The highest BCUT2D eigenvalue weighted by molar-refractivity contribution is 6.17. The van der Waals surface area contributed by atoms with Crippen molar-refractivity contribution >= 4 is 25.5 Å². The van der Waals surface area contributed by atoms with Gasteiger partial charge in [-0.25, -0.2) is 4.98 Å². The van der Waals surface area contributed by atoms with Crippen molar-refractivity contribution in [3.05, 3.63) is 11.8 Å². The van der Waals surface area contributed by atoms with Gasteiger partial charge in [-0.05, 0) is 46.0 Å². The molecule has 0 unspecified atom stereocenters. The summed E-state index contributed by atoms with van der Waals surface area (Å²) in [7, 11) is 2.03. The third kappa shape index (κ3) is 4.60. The Kier molecular flexibility index (Phi) is 5.08. The van der Waals surface area contributed by atoms with Crippen molar-refractivity contribution in [2.45, 2.75) is 64.0 Å². The van der Waals surface area contributed by atoms with Crippen LogP contribution in [0.1, 0.15) is 57.3 Å². The first-order valence-corrected chi connectivity index (χ1v) is 8.40. The second-order valence-corrected chi connectivity index (χ2v) is 8.17. The molecule has 8 heteroatoms. The number of hydrogen-bond acceptors (Lipinski definition) is 6. The maximum Gasteiger partial charge on any atom is 0.254 e. The second kappa shape index (κ2) is 6.59. The molecule has 2 rings (SSSR count). The van der Waals surface area contributed by atoms with Crippen LogP contribution in [0.5, 0.6) is 0 Å². The van der Waals surface area contributed by atoms with E-state index >= 15 is 0 Å². The first-order valence-electron chi connectivity index (χ1n) is 8.40. The predicted molar refractivity (Wildman–Crippen MR) is 97.8 cm³/mol. The third-order valence-corrected chi connectivity index (χ3v) is 4.43. The van der Waals surface area contributed by atoms with Crippen LogP contribution in [0.2, 0.25) is 0 Å². The number of nitrogens with one attached hydrogen (secondary N) is 2. The normalized spacial score (nSPS) is 27.5. The Labute approximate surface area is 144 Å². The van der Waals surface area contributed by atoms with E-state index in [1.54, 1.807) is 0 Å². The summed E-state index contributed by atoms with van der Waals surface area (Å²) in [6.45, 7) is 8.07. The molecule has 0 radical (unpaired) electrons. The van der Waals surface area contributed by atoms with Gasteiger partial charge in [-0.15, -0.1) is 0 Å². The van der Waals surface area contributed by atoms with Crippen LogP contribution >= 0.6 is 0 Å². The van der Waals surface area contributed by atoms with Gasteiger partial charge >= 0.3 is 0 Å². The molecule has 1 heterocycles. The van der Waals surface area contributed by atoms with Crippen LogP contribution < -0.4 is 16.4 Å². The van der Waals surface area contributed by atoms with Crippen molar-refractivity contribution < 1.29 is 9.90 Å². The number of aromatic nitrogens is 2. The molecular weight excluding hydrogens is 305 g/mol. The average molecular weight is 333 g/mol. The Morgan fingerprint density at radius 3 is 2.71 bits per heavy atom. The number of nitrogens with two attached hydrogens (primary N) is 1. The van der Waals surface area contributed by atoms with Crippen molar-refractivity contribution in [1.29, 1.82) is 0 Å². The summed E-state index contributed by atoms with van der Waals surface area (Å²) in [5.74, 6) is 0.545. The molecule has 0 saturated heterocycles. The smallest absolute Gasteiger partial charge is 0.254 e. The minimum atomic E-state index is -0.576. The highest BCUT2D eigenvalue weighted by Gasteiger charge is 2.36. The topological polar surface area (TPSA) is 113 Å². The Morgan fingerprint density at radius 2 is 2.17 bits per heavy atom. The number of aliphatic hydroxyl groups is 1. The van der Waals surface area contributed by atoms with E-state index in [1.807, 2.05) is 28.6 Å². The van der Waals surface area contributed by atoms with Crippen molar-refractivity contribution in [2.75, 3.05) is 10.6 Å². The summed E-state index contributed by atoms with van der Waals surface area (Å²) < 4.78 is 0. The Bertz CT molecular complexity index is 619. The van der Waals surface area contributed by atoms with E-state index in [9.17, 15) is 9.90 Å². The molecule has 0 aromatic carbocycles. The molecule has 0 aliphatic heterocycles. The zero-order valence-electron chi connectivity index (χ0n) is 15.2. The summed E-state index contributed by atoms with van der Waals surface area (Å²) in [5.41, 5.74) is 5.17. The van der Waals surface area contributed by atoms with Gasteiger partial charge in [0.1, 0.15) is 13.7 Å². The molecule has 5 N–H and O–H groups in total. The second-order valence-electron chi connectivity index (χ2n) is 8.17. The summed E-state index contributed by atoms with van der Waals surface area (Å²) in [5, 5.41) is 16.7. The lowest BCUT2D eigenvalue weighted by Crippen LogP contribution is -2.48. The van der Waals surface area contributed by atoms with Gasteiger partial charge < -0.3 is 21.5 Å². The first kappa shape index (κ1) is 18.5. The van der Waals surface area contributed by atoms with Gasteiger partial charge in [-0.2, -0.15) is 4.98 Å². The molecule has 1 fully saturated rings. The third-order valence-electron chi connectivity index (χ3n) is 4.43. The molecule has 1 amide bonds.